The van der Waals surface area contributed by atoms with Crippen molar-refractivity contribution in [3.05, 3.63) is 53.7 Å². The van der Waals surface area contributed by atoms with Gasteiger partial charge in [0.05, 0.1) is 6.20 Å². The summed E-state index contributed by atoms with van der Waals surface area (Å²) in [6.07, 6.45) is 1.79. The molecule has 0 aliphatic carbocycles. The predicted octanol–water partition coefficient (Wildman–Crippen LogP) is 2.50. The van der Waals surface area contributed by atoms with Gasteiger partial charge in [-0.05, 0) is 54.8 Å². The second kappa shape index (κ2) is 6.96. The Morgan fingerprint density at radius 2 is 2.11 bits per heavy atom. The third kappa shape index (κ3) is 3.24. The summed E-state index contributed by atoms with van der Waals surface area (Å²) >= 11 is 0. The Bertz CT molecular complexity index is 1020. The molecule has 27 heavy (non-hydrogen) atoms. The summed E-state index contributed by atoms with van der Waals surface area (Å²) in [4.78, 5) is 13.9. The highest BCUT2D eigenvalue weighted by molar-refractivity contribution is 5.97. The van der Waals surface area contributed by atoms with Gasteiger partial charge in [0.25, 0.3) is 0 Å². The number of amides is 1. The number of aromatic nitrogens is 2. The van der Waals surface area contributed by atoms with Crippen LogP contribution in [-0.2, 0) is 0 Å². The number of aryl methyl sites for hydroxylation is 1. The summed E-state index contributed by atoms with van der Waals surface area (Å²) in [7, 11) is 0. The lowest BCUT2D eigenvalue weighted by atomic mass is 9.96. The number of carbonyl (C=O) groups is 1. The minimum Gasteiger partial charge on any atom is -0.366 e. The van der Waals surface area contributed by atoms with E-state index in [1.807, 2.05) is 19.1 Å². The topological polar surface area (TPSA) is 84.1 Å². The van der Waals surface area contributed by atoms with Crippen LogP contribution in [0.4, 0.5) is 5.82 Å². The molecule has 0 bridgehead atoms. The number of rotatable bonds is 3. The lowest BCUT2D eigenvalue weighted by molar-refractivity contribution is 0.100. The Kier molecular flexibility index (Phi) is 4.49. The number of carbonyl (C=O) groups excluding carboxylic acids is 1. The van der Waals surface area contributed by atoms with Gasteiger partial charge in [0.15, 0.2) is 5.82 Å². The Balaban J connectivity index is 1.80. The molecule has 1 amide bonds. The van der Waals surface area contributed by atoms with Crippen LogP contribution in [0.15, 0.2) is 42.6 Å². The fourth-order valence-electron chi connectivity index (χ4n) is 3.69. The molecule has 0 radical (unpaired) electrons. The first-order valence-corrected chi connectivity index (χ1v) is 9.18. The summed E-state index contributed by atoms with van der Waals surface area (Å²) in [6, 6.07) is 12.2. The van der Waals surface area contributed by atoms with Crippen LogP contribution in [0.1, 0.15) is 22.8 Å². The van der Waals surface area contributed by atoms with Gasteiger partial charge < -0.3 is 16.0 Å². The van der Waals surface area contributed by atoms with E-state index in [0.717, 1.165) is 52.9 Å². The average molecular weight is 361 g/mol. The molecule has 3 N–H and O–H groups in total. The number of benzene rings is 2. The van der Waals surface area contributed by atoms with Gasteiger partial charge in [0.1, 0.15) is 0 Å². The monoisotopic (exact) mass is 361 g/mol. The van der Waals surface area contributed by atoms with Crippen LogP contribution in [0.2, 0.25) is 0 Å². The van der Waals surface area contributed by atoms with Crippen molar-refractivity contribution < 1.29 is 4.79 Å². The molecular weight excluding hydrogens is 338 g/mol. The zero-order valence-electron chi connectivity index (χ0n) is 15.6. The number of piperazine rings is 1. The van der Waals surface area contributed by atoms with Crippen LogP contribution >= 0.6 is 0 Å². The highest BCUT2D eigenvalue weighted by atomic mass is 16.1. The number of anilines is 1. The highest BCUT2D eigenvalue weighted by Gasteiger charge is 2.21. The molecule has 1 aliphatic rings. The summed E-state index contributed by atoms with van der Waals surface area (Å²) in [6.45, 7) is 7.02. The van der Waals surface area contributed by atoms with Gasteiger partial charge in [-0.2, -0.15) is 5.10 Å². The van der Waals surface area contributed by atoms with Gasteiger partial charge in [-0.15, -0.1) is 5.10 Å². The van der Waals surface area contributed by atoms with E-state index in [1.54, 1.807) is 12.3 Å². The zero-order valence-corrected chi connectivity index (χ0v) is 15.6. The first-order chi connectivity index (χ1) is 13.0. The average Bonchev–Trinajstić information content (AvgIpc) is 2.68. The molecule has 1 aliphatic heterocycles. The molecule has 0 saturated carbocycles. The second-order valence-corrected chi connectivity index (χ2v) is 7.11. The summed E-state index contributed by atoms with van der Waals surface area (Å²) in [5, 5.41) is 14.2. The normalized spacial score (nSPS) is 17.3. The summed E-state index contributed by atoms with van der Waals surface area (Å²) < 4.78 is 0. The Morgan fingerprint density at radius 1 is 1.26 bits per heavy atom. The molecule has 1 aromatic heterocycles. The molecular formula is C21H23N5O. The Morgan fingerprint density at radius 3 is 2.89 bits per heavy atom. The lowest BCUT2D eigenvalue weighted by Crippen LogP contribution is -2.50. The third-order valence-electron chi connectivity index (χ3n) is 5.25. The van der Waals surface area contributed by atoms with Crippen LogP contribution in [-0.4, -0.2) is 41.8 Å². The maximum Gasteiger partial charge on any atom is 0.248 e. The van der Waals surface area contributed by atoms with Gasteiger partial charge >= 0.3 is 0 Å². The molecule has 138 valence electrons. The van der Waals surface area contributed by atoms with Crippen LogP contribution < -0.4 is 16.0 Å². The quantitative estimate of drug-likeness (QED) is 0.749. The fourth-order valence-corrected chi connectivity index (χ4v) is 3.69. The summed E-state index contributed by atoms with van der Waals surface area (Å²) in [5.41, 5.74) is 9.10. The number of hydrogen-bond donors (Lipinski definition) is 2. The molecule has 2 heterocycles. The zero-order chi connectivity index (χ0) is 19.0. The molecule has 6 heteroatoms. The number of primary amides is 1. The van der Waals surface area contributed by atoms with Gasteiger partial charge in [-0.3, -0.25) is 4.79 Å². The first kappa shape index (κ1) is 17.4. The maximum absolute atomic E-state index is 11.6. The van der Waals surface area contributed by atoms with E-state index < -0.39 is 5.91 Å². The van der Waals surface area contributed by atoms with Gasteiger partial charge in [-0.25, -0.2) is 0 Å². The molecule has 1 saturated heterocycles. The molecule has 1 fully saturated rings. The number of nitrogens with two attached hydrogens (primary N) is 1. The van der Waals surface area contributed by atoms with Crippen molar-refractivity contribution in [2.45, 2.75) is 19.9 Å². The van der Waals surface area contributed by atoms with E-state index in [2.05, 4.69) is 45.5 Å². The number of nitrogens with one attached hydrogen (secondary N) is 1. The number of fused-ring (bicyclic) bond motifs is 1. The molecule has 4 rings (SSSR count). The number of nitrogens with zero attached hydrogens (tertiary/aromatic N) is 3. The third-order valence-corrected chi connectivity index (χ3v) is 5.25. The van der Waals surface area contributed by atoms with E-state index in [-0.39, 0.29) is 0 Å². The Hall–Kier alpha value is -2.99. The Labute approximate surface area is 158 Å². The molecule has 6 nitrogen and oxygen atoms in total. The second-order valence-electron chi connectivity index (χ2n) is 7.11. The molecule has 2 aromatic carbocycles. The van der Waals surface area contributed by atoms with E-state index in [4.69, 9.17) is 5.73 Å². The van der Waals surface area contributed by atoms with Gasteiger partial charge in [0, 0.05) is 42.0 Å². The van der Waals surface area contributed by atoms with E-state index in [0.29, 0.717) is 11.6 Å². The van der Waals surface area contributed by atoms with Crippen molar-refractivity contribution in [1.29, 1.82) is 0 Å². The van der Waals surface area contributed by atoms with E-state index in [9.17, 15) is 4.79 Å². The SMILES string of the molecule is Cc1ccc(C(N)=O)cc1-c1ccc2c(N3CCNC[C@@H]3C)nncc2c1. The van der Waals surface area contributed by atoms with Crippen LogP contribution in [0.5, 0.6) is 0 Å². The maximum atomic E-state index is 11.6. The largest absolute Gasteiger partial charge is 0.366 e. The summed E-state index contributed by atoms with van der Waals surface area (Å²) in [5.74, 6) is 0.508. The molecule has 0 unspecified atom stereocenters. The van der Waals surface area contributed by atoms with Crippen molar-refractivity contribution in [2.75, 3.05) is 24.5 Å². The minimum absolute atomic E-state index is 0.368. The smallest absolute Gasteiger partial charge is 0.248 e. The minimum atomic E-state index is -0.419. The highest BCUT2D eigenvalue weighted by Crippen LogP contribution is 2.31. The van der Waals surface area contributed by atoms with E-state index >= 15 is 0 Å². The lowest BCUT2D eigenvalue weighted by Gasteiger charge is -2.35. The fraction of sp³-hybridized carbons (Fsp3) is 0.286. The number of hydrogen-bond acceptors (Lipinski definition) is 5. The van der Waals surface area contributed by atoms with Crippen LogP contribution in [0, 0.1) is 6.92 Å². The van der Waals surface area contributed by atoms with Crippen molar-refractivity contribution in [3.8, 4) is 11.1 Å². The van der Waals surface area contributed by atoms with E-state index in [1.165, 1.54) is 0 Å². The van der Waals surface area contributed by atoms with Crippen molar-refractivity contribution >= 4 is 22.5 Å². The predicted molar refractivity (Wildman–Crippen MR) is 108 cm³/mol. The van der Waals surface area contributed by atoms with Crippen LogP contribution in [0.25, 0.3) is 21.9 Å². The first-order valence-electron chi connectivity index (χ1n) is 9.18. The van der Waals surface area contributed by atoms with Crippen LogP contribution in [0.3, 0.4) is 0 Å². The van der Waals surface area contributed by atoms with Crippen molar-refractivity contribution in [2.24, 2.45) is 5.73 Å². The molecule has 0 spiro atoms. The molecule has 3 aromatic rings. The standard InChI is InChI=1S/C21H23N5O/c1-13-3-4-16(20(22)27)10-19(13)15-5-6-18-17(9-15)12-24-25-21(18)26-8-7-23-11-14(26)2/h3-6,9-10,12,14,23H,7-8,11H2,1-2H3,(H2,22,27)/t14-/m0/s1. The van der Waals surface area contributed by atoms with Crippen molar-refractivity contribution in [1.82, 2.24) is 15.5 Å². The molecule has 1 atom stereocenters. The van der Waals surface area contributed by atoms with Crippen molar-refractivity contribution in [3.63, 3.8) is 0 Å². The van der Waals surface area contributed by atoms with Gasteiger partial charge in [0.2, 0.25) is 5.91 Å². The van der Waals surface area contributed by atoms with Gasteiger partial charge in [-0.1, -0.05) is 12.1 Å².